The second-order valence-corrected chi connectivity index (χ2v) is 11.4. The molecule has 0 radical (unpaired) electrons. The van der Waals surface area contributed by atoms with Gasteiger partial charge in [-0.25, -0.2) is 9.97 Å². The van der Waals surface area contributed by atoms with Gasteiger partial charge in [0, 0.05) is 13.1 Å². The normalized spacial score (nSPS) is 14.4. The number of aromatic nitrogens is 5. The average molecular weight is 566 g/mol. The number of aromatic amines is 1. The number of hydrogen-bond donors (Lipinski definition) is 3. The number of pyridine rings is 1. The molecular weight excluding hydrogens is 530 g/mol. The predicted octanol–water partition coefficient (Wildman–Crippen LogP) is 4.63. The highest BCUT2D eigenvalue weighted by Gasteiger charge is 2.31. The van der Waals surface area contributed by atoms with Crippen molar-refractivity contribution in [1.29, 1.82) is 0 Å². The van der Waals surface area contributed by atoms with Crippen LogP contribution in [0, 0.1) is 5.92 Å². The van der Waals surface area contributed by atoms with Crippen molar-refractivity contribution in [3.8, 4) is 28.7 Å². The zero-order valence-electron chi connectivity index (χ0n) is 24.0. The Morgan fingerprint density at radius 3 is 2.48 bits per heavy atom. The van der Waals surface area contributed by atoms with Crippen molar-refractivity contribution < 1.29 is 14.6 Å². The molecule has 0 atom stereocenters. The number of carbonyl (C=O) groups excluding carboxylic acids is 1. The Bertz CT molecular complexity index is 1690. The van der Waals surface area contributed by atoms with E-state index in [1.165, 1.54) is 0 Å². The molecule has 1 aliphatic heterocycles. The van der Waals surface area contributed by atoms with E-state index in [1.807, 2.05) is 79.2 Å². The number of ether oxygens (including phenoxy) is 1. The van der Waals surface area contributed by atoms with E-state index in [-0.39, 0.29) is 5.92 Å². The molecule has 5 aromatic rings. The molecule has 1 aliphatic rings. The zero-order chi connectivity index (χ0) is 29.4. The minimum Gasteiger partial charge on any atom is -0.497 e. The number of primary amides is 1. The van der Waals surface area contributed by atoms with Crippen molar-refractivity contribution in [2.45, 2.75) is 38.8 Å². The highest BCUT2D eigenvalue weighted by molar-refractivity contribution is 5.99. The second kappa shape index (κ2) is 10.9. The molecule has 3 aromatic heterocycles. The van der Waals surface area contributed by atoms with E-state index in [0.29, 0.717) is 29.3 Å². The largest absolute Gasteiger partial charge is 0.497 e. The molecule has 6 rings (SSSR count). The smallest absolute Gasteiger partial charge is 0.250 e. The van der Waals surface area contributed by atoms with Crippen molar-refractivity contribution in [3.63, 3.8) is 0 Å². The van der Waals surface area contributed by atoms with Crippen molar-refractivity contribution in [2.75, 3.05) is 25.1 Å². The first-order chi connectivity index (χ1) is 20.2. The molecule has 4 heterocycles. The molecule has 216 valence electrons. The maximum absolute atomic E-state index is 12.5. The molecule has 0 spiro atoms. The van der Waals surface area contributed by atoms with Crippen LogP contribution in [0.1, 0.15) is 42.6 Å². The van der Waals surface area contributed by atoms with Crippen LogP contribution in [0.5, 0.6) is 5.75 Å². The van der Waals surface area contributed by atoms with Gasteiger partial charge in [0.2, 0.25) is 0 Å². The number of hydrogen-bond acceptors (Lipinski definition) is 7. The molecule has 10 nitrogen and oxygen atoms in total. The topological polar surface area (TPSA) is 135 Å². The molecule has 1 fully saturated rings. The van der Waals surface area contributed by atoms with Gasteiger partial charge in [-0.05, 0) is 80.6 Å². The van der Waals surface area contributed by atoms with Gasteiger partial charge in [-0.3, -0.25) is 9.48 Å². The minimum atomic E-state index is -0.718. The fraction of sp³-hybridized carbons (Fsp3) is 0.312. The van der Waals surface area contributed by atoms with E-state index in [1.54, 1.807) is 13.2 Å². The number of carbonyl (C=O) groups is 1. The Balaban J connectivity index is 1.41. The summed E-state index contributed by atoms with van der Waals surface area (Å²) in [7, 11) is 1.64. The molecule has 1 amide bonds. The molecule has 0 unspecified atom stereocenters. The third-order valence-corrected chi connectivity index (χ3v) is 8.11. The lowest BCUT2D eigenvalue weighted by Crippen LogP contribution is -2.42. The Labute approximate surface area is 244 Å². The van der Waals surface area contributed by atoms with E-state index < -0.39 is 11.5 Å². The molecule has 10 heteroatoms. The van der Waals surface area contributed by atoms with Crippen molar-refractivity contribution in [3.05, 3.63) is 77.9 Å². The quantitative estimate of drug-likeness (QED) is 0.250. The van der Waals surface area contributed by atoms with Gasteiger partial charge >= 0.3 is 0 Å². The summed E-state index contributed by atoms with van der Waals surface area (Å²) in [4.78, 5) is 27.9. The number of piperidine rings is 1. The summed E-state index contributed by atoms with van der Waals surface area (Å²) < 4.78 is 7.19. The van der Waals surface area contributed by atoms with Gasteiger partial charge in [0.15, 0.2) is 5.82 Å². The fourth-order valence-electron chi connectivity index (χ4n) is 5.66. The lowest BCUT2D eigenvalue weighted by Gasteiger charge is -2.38. The van der Waals surface area contributed by atoms with Gasteiger partial charge in [-0.2, -0.15) is 5.10 Å². The highest BCUT2D eigenvalue weighted by atomic mass is 16.5. The van der Waals surface area contributed by atoms with Crippen LogP contribution in [-0.4, -0.2) is 61.5 Å². The first-order valence-corrected chi connectivity index (χ1v) is 14.1. The Hall–Kier alpha value is -4.70. The number of anilines is 1. The third-order valence-electron chi connectivity index (χ3n) is 8.11. The second-order valence-electron chi connectivity index (χ2n) is 11.4. The van der Waals surface area contributed by atoms with Crippen LogP contribution in [-0.2, 0) is 6.54 Å². The number of imidazole rings is 1. The van der Waals surface area contributed by atoms with Gasteiger partial charge in [0.05, 0.1) is 35.9 Å². The maximum Gasteiger partial charge on any atom is 0.250 e. The number of fused-ring (bicyclic) bond motifs is 1. The summed E-state index contributed by atoms with van der Waals surface area (Å²) >= 11 is 0. The van der Waals surface area contributed by atoms with Gasteiger partial charge in [0.25, 0.3) is 5.91 Å². The number of para-hydroxylation sites is 2. The number of H-pyrrole nitrogens is 1. The first kappa shape index (κ1) is 27.5. The SMILES string of the molecule is COc1ccc(Cn2nc(-c3nc(N4CCC(C(C)(C)O)CC4)ccc3C(N)=O)cc2-c2nc3ccccc3[nH]2)cc1. The Morgan fingerprint density at radius 2 is 1.81 bits per heavy atom. The van der Waals surface area contributed by atoms with Crippen LogP contribution in [0.25, 0.3) is 33.9 Å². The summed E-state index contributed by atoms with van der Waals surface area (Å²) in [5.74, 6) is 1.84. The van der Waals surface area contributed by atoms with Crippen LogP contribution in [0.4, 0.5) is 5.82 Å². The zero-order valence-corrected chi connectivity index (χ0v) is 24.0. The Morgan fingerprint density at radius 1 is 1.07 bits per heavy atom. The number of nitrogens with zero attached hydrogens (tertiary/aromatic N) is 5. The van der Waals surface area contributed by atoms with Crippen LogP contribution >= 0.6 is 0 Å². The average Bonchev–Trinajstić information content (AvgIpc) is 3.61. The fourth-order valence-corrected chi connectivity index (χ4v) is 5.66. The first-order valence-electron chi connectivity index (χ1n) is 14.1. The number of rotatable bonds is 8. The number of aliphatic hydroxyl groups is 1. The van der Waals surface area contributed by atoms with Crippen LogP contribution in [0.15, 0.2) is 66.7 Å². The summed E-state index contributed by atoms with van der Waals surface area (Å²) in [5.41, 5.74) is 9.90. The monoisotopic (exact) mass is 565 g/mol. The standard InChI is InChI=1S/C32H35N7O3/c1-32(2,41)21-14-16-38(17-15-21)28-13-12-23(30(33)40)29(36-28)26-18-27(31-34-24-6-4-5-7-25(24)35-31)39(37-26)19-20-8-10-22(42-3)11-9-20/h4-13,18,21,41H,14-17,19H2,1-3H3,(H2,33,40)(H,34,35). The number of benzene rings is 2. The number of nitrogens with two attached hydrogens (primary N) is 1. The van der Waals surface area contributed by atoms with Gasteiger partial charge in [-0.1, -0.05) is 24.3 Å². The summed E-state index contributed by atoms with van der Waals surface area (Å²) in [6, 6.07) is 21.1. The maximum atomic E-state index is 12.5. The van der Waals surface area contributed by atoms with Crippen LogP contribution in [0.3, 0.4) is 0 Å². The lowest BCUT2D eigenvalue weighted by atomic mass is 9.83. The molecule has 2 aromatic carbocycles. The van der Waals surface area contributed by atoms with Crippen LogP contribution < -0.4 is 15.4 Å². The predicted molar refractivity (Wildman–Crippen MR) is 162 cm³/mol. The summed E-state index contributed by atoms with van der Waals surface area (Å²) in [6.45, 7) is 5.72. The molecule has 0 aliphatic carbocycles. The number of methoxy groups -OCH3 is 1. The van der Waals surface area contributed by atoms with Crippen molar-refractivity contribution in [2.24, 2.45) is 11.7 Å². The van der Waals surface area contributed by atoms with E-state index >= 15 is 0 Å². The number of amides is 1. The molecule has 1 saturated heterocycles. The minimum absolute atomic E-state index is 0.220. The molecule has 0 saturated carbocycles. The Kier molecular flexibility index (Phi) is 7.16. The summed E-state index contributed by atoms with van der Waals surface area (Å²) in [6.07, 6.45) is 1.70. The van der Waals surface area contributed by atoms with E-state index in [4.69, 9.17) is 25.5 Å². The third kappa shape index (κ3) is 5.45. The molecule has 4 N–H and O–H groups in total. The molecule has 0 bridgehead atoms. The van der Waals surface area contributed by atoms with E-state index in [9.17, 15) is 9.90 Å². The summed E-state index contributed by atoms with van der Waals surface area (Å²) in [5, 5.41) is 15.4. The van der Waals surface area contributed by atoms with Crippen molar-refractivity contribution in [1.82, 2.24) is 24.7 Å². The molecular formula is C32H35N7O3. The number of nitrogens with one attached hydrogen (secondary N) is 1. The van der Waals surface area contributed by atoms with Crippen LogP contribution in [0.2, 0.25) is 0 Å². The van der Waals surface area contributed by atoms with E-state index in [0.717, 1.165) is 59.8 Å². The molecule has 42 heavy (non-hydrogen) atoms. The van der Waals surface area contributed by atoms with Gasteiger partial charge < -0.3 is 25.5 Å². The highest BCUT2D eigenvalue weighted by Crippen LogP contribution is 2.33. The lowest BCUT2D eigenvalue weighted by molar-refractivity contribution is 0.00645. The van der Waals surface area contributed by atoms with E-state index in [2.05, 4.69) is 9.88 Å². The van der Waals surface area contributed by atoms with Gasteiger partial charge in [-0.15, -0.1) is 0 Å². The van der Waals surface area contributed by atoms with Crippen molar-refractivity contribution >= 4 is 22.8 Å². The van der Waals surface area contributed by atoms with Gasteiger partial charge in [0.1, 0.15) is 28.6 Å².